The molecule has 1 aliphatic rings. The molecule has 10 nitrogen and oxygen atoms in total. The van der Waals surface area contributed by atoms with Gasteiger partial charge in [0, 0.05) is 36.6 Å². The van der Waals surface area contributed by atoms with Crippen molar-refractivity contribution in [1.29, 1.82) is 0 Å². The monoisotopic (exact) mass is 634 g/mol. The summed E-state index contributed by atoms with van der Waals surface area (Å²) in [5, 5.41) is 6.10. The first-order valence-electron chi connectivity index (χ1n) is 15.2. The number of rotatable bonds is 9. The first kappa shape index (κ1) is 30.7. The summed E-state index contributed by atoms with van der Waals surface area (Å²) in [6, 6.07) is 29.2. The molecule has 1 fully saturated rings. The number of hydrogen-bond donors (Lipinski definition) is 2. The van der Waals surface area contributed by atoms with E-state index in [9.17, 15) is 14.4 Å². The SMILES string of the molecule is CCc1cc2c(N3CCN(C(=O)c4ccc(-c5ccccc5)cc4)CC3)nc(NC(=O)CNC(=O)OCc3ccccc3)nc2s1. The lowest BCUT2D eigenvalue weighted by molar-refractivity contribution is -0.115. The predicted molar refractivity (Wildman–Crippen MR) is 180 cm³/mol. The molecule has 11 heteroatoms. The lowest BCUT2D eigenvalue weighted by Gasteiger charge is -2.35. The highest BCUT2D eigenvalue weighted by Gasteiger charge is 2.25. The van der Waals surface area contributed by atoms with Gasteiger partial charge in [0.05, 0.1) is 5.39 Å². The fraction of sp³-hybridized carbons (Fsp3) is 0.229. The Labute approximate surface area is 271 Å². The van der Waals surface area contributed by atoms with E-state index in [1.54, 1.807) is 11.3 Å². The van der Waals surface area contributed by atoms with Gasteiger partial charge in [-0.2, -0.15) is 4.98 Å². The van der Waals surface area contributed by atoms with Crippen LogP contribution in [-0.4, -0.2) is 65.5 Å². The van der Waals surface area contributed by atoms with Gasteiger partial charge < -0.3 is 19.9 Å². The largest absolute Gasteiger partial charge is 0.445 e. The zero-order valence-electron chi connectivity index (χ0n) is 25.4. The molecule has 0 aliphatic carbocycles. The number of carbonyl (C=O) groups excluding carboxylic acids is 3. The number of nitrogens with one attached hydrogen (secondary N) is 2. The van der Waals surface area contributed by atoms with E-state index in [-0.39, 0.29) is 25.0 Å². The molecule has 2 N–H and O–H groups in total. The van der Waals surface area contributed by atoms with Crippen LogP contribution in [0.2, 0.25) is 0 Å². The Morgan fingerprint density at radius 1 is 0.848 bits per heavy atom. The number of amides is 3. The minimum atomic E-state index is -0.693. The van der Waals surface area contributed by atoms with Crippen LogP contribution in [0, 0.1) is 0 Å². The Bertz CT molecular complexity index is 1820. The van der Waals surface area contributed by atoms with Crippen molar-refractivity contribution in [3.63, 3.8) is 0 Å². The third-order valence-electron chi connectivity index (χ3n) is 7.73. The summed E-state index contributed by atoms with van der Waals surface area (Å²) >= 11 is 1.56. The molecule has 2 aromatic heterocycles. The third-order valence-corrected chi connectivity index (χ3v) is 8.91. The summed E-state index contributed by atoms with van der Waals surface area (Å²) in [6.07, 6.45) is 0.157. The number of anilines is 2. The number of piperazine rings is 1. The molecule has 3 amide bonds. The number of fused-ring (bicyclic) bond motifs is 1. The van der Waals surface area contributed by atoms with Crippen LogP contribution in [0.4, 0.5) is 16.6 Å². The molecule has 0 spiro atoms. The Morgan fingerprint density at radius 3 is 2.22 bits per heavy atom. The van der Waals surface area contributed by atoms with Gasteiger partial charge >= 0.3 is 6.09 Å². The van der Waals surface area contributed by atoms with Crippen LogP contribution in [0.15, 0.2) is 91.0 Å². The van der Waals surface area contributed by atoms with Gasteiger partial charge in [0.25, 0.3) is 5.91 Å². The topological polar surface area (TPSA) is 117 Å². The Kier molecular flexibility index (Phi) is 9.49. The van der Waals surface area contributed by atoms with Crippen molar-refractivity contribution in [1.82, 2.24) is 20.2 Å². The summed E-state index contributed by atoms with van der Waals surface area (Å²) in [4.78, 5) is 53.4. The number of carbonyl (C=O) groups is 3. The van der Waals surface area contributed by atoms with E-state index in [1.165, 1.54) is 0 Å². The van der Waals surface area contributed by atoms with E-state index in [4.69, 9.17) is 9.72 Å². The second-order valence-electron chi connectivity index (χ2n) is 10.8. The predicted octanol–water partition coefficient (Wildman–Crippen LogP) is 5.75. The van der Waals surface area contributed by atoms with Crippen molar-refractivity contribution in [3.05, 3.63) is 107 Å². The lowest BCUT2D eigenvalue weighted by atomic mass is 10.0. The van der Waals surface area contributed by atoms with Crippen molar-refractivity contribution in [2.45, 2.75) is 20.0 Å². The Hall–Kier alpha value is -5.29. The van der Waals surface area contributed by atoms with Crippen molar-refractivity contribution < 1.29 is 19.1 Å². The summed E-state index contributed by atoms with van der Waals surface area (Å²) < 4.78 is 5.18. The molecule has 5 aromatic rings. The summed E-state index contributed by atoms with van der Waals surface area (Å²) in [5.41, 5.74) is 3.68. The molecule has 1 aliphatic heterocycles. The van der Waals surface area contributed by atoms with E-state index in [0.29, 0.717) is 37.6 Å². The Morgan fingerprint density at radius 2 is 1.52 bits per heavy atom. The molecule has 0 saturated carbocycles. The van der Waals surface area contributed by atoms with E-state index >= 15 is 0 Å². The second kappa shape index (κ2) is 14.2. The number of nitrogens with zero attached hydrogens (tertiary/aromatic N) is 4. The number of benzene rings is 3. The highest BCUT2D eigenvalue weighted by Crippen LogP contribution is 2.33. The summed E-state index contributed by atoms with van der Waals surface area (Å²) in [7, 11) is 0. The zero-order valence-corrected chi connectivity index (χ0v) is 26.3. The van der Waals surface area contributed by atoms with Gasteiger partial charge in [-0.1, -0.05) is 79.7 Å². The van der Waals surface area contributed by atoms with Crippen LogP contribution in [0.25, 0.3) is 21.3 Å². The number of aromatic nitrogens is 2. The molecule has 6 rings (SSSR count). The number of aryl methyl sites for hydroxylation is 1. The molecule has 0 radical (unpaired) electrons. The van der Waals surface area contributed by atoms with Gasteiger partial charge in [0.1, 0.15) is 23.8 Å². The first-order valence-corrected chi connectivity index (χ1v) is 16.0. The smallest absolute Gasteiger partial charge is 0.407 e. The van der Waals surface area contributed by atoms with Crippen LogP contribution in [0.5, 0.6) is 0 Å². The number of ether oxygens (including phenoxy) is 1. The van der Waals surface area contributed by atoms with Crippen LogP contribution in [0.1, 0.15) is 27.7 Å². The third kappa shape index (κ3) is 7.32. The molecule has 3 aromatic carbocycles. The molecule has 46 heavy (non-hydrogen) atoms. The molecular formula is C35H34N6O4S. The van der Waals surface area contributed by atoms with Crippen LogP contribution >= 0.6 is 11.3 Å². The summed E-state index contributed by atoms with van der Waals surface area (Å²) in [6.45, 7) is 4.13. The van der Waals surface area contributed by atoms with Crippen molar-refractivity contribution in [3.8, 4) is 11.1 Å². The van der Waals surface area contributed by atoms with Crippen LogP contribution in [0.3, 0.4) is 0 Å². The molecule has 0 bridgehead atoms. The van der Waals surface area contributed by atoms with Gasteiger partial charge in [-0.3, -0.25) is 14.9 Å². The molecule has 1 saturated heterocycles. The molecule has 234 valence electrons. The average molecular weight is 635 g/mol. The first-order chi connectivity index (χ1) is 22.5. The fourth-order valence-electron chi connectivity index (χ4n) is 5.26. The minimum Gasteiger partial charge on any atom is -0.445 e. The second-order valence-corrected chi connectivity index (χ2v) is 12.0. The highest BCUT2D eigenvalue weighted by molar-refractivity contribution is 7.18. The van der Waals surface area contributed by atoms with E-state index in [1.807, 2.05) is 77.7 Å². The quantitative estimate of drug-likeness (QED) is 0.212. The normalized spacial score (nSPS) is 13.0. The molecular weight excluding hydrogens is 600 g/mol. The van der Waals surface area contributed by atoms with E-state index in [0.717, 1.165) is 38.2 Å². The van der Waals surface area contributed by atoms with Crippen molar-refractivity contribution in [2.75, 3.05) is 42.9 Å². The van der Waals surface area contributed by atoms with Gasteiger partial charge in [0.15, 0.2) is 0 Å². The van der Waals surface area contributed by atoms with Crippen molar-refractivity contribution >= 4 is 51.2 Å². The lowest BCUT2D eigenvalue weighted by Crippen LogP contribution is -2.49. The minimum absolute atomic E-state index is 0.00125. The number of thiophene rings is 1. The molecule has 0 atom stereocenters. The van der Waals surface area contributed by atoms with Crippen LogP contribution in [-0.2, 0) is 22.6 Å². The molecule has 0 unspecified atom stereocenters. The van der Waals surface area contributed by atoms with E-state index in [2.05, 4.69) is 45.6 Å². The molecule has 3 heterocycles. The average Bonchev–Trinajstić information content (AvgIpc) is 3.53. The van der Waals surface area contributed by atoms with Crippen LogP contribution < -0.4 is 15.5 Å². The highest BCUT2D eigenvalue weighted by atomic mass is 32.1. The maximum absolute atomic E-state index is 13.3. The van der Waals surface area contributed by atoms with Gasteiger partial charge in [0.2, 0.25) is 11.9 Å². The van der Waals surface area contributed by atoms with E-state index < -0.39 is 12.0 Å². The maximum atomic E-state index is 13.3. The fourth-order valence-corrected chi connectivity index (χ4v) is 6.22. The standard InChI is InChI=1S/C35H34N6O4S/c1-2-28-21-29-31(38-34(39-32(29)46-28)37-30(42)22-36-35(44)45-23-24-9-5-3-6-10-24)40-17-19-41(20-18-40)33(43)27-15-13-26(14-16-27)25-11-7-4-8-12-25/h3-16,21H,2,17-20,22-23H2,1H3,(H,36,44)(H,37,38,39,42). The summed E-state index contributed by atoms with van der Waals surface area (Å²) in [5.74, 6) is 0.404. The maximum Gasteiger partial charge on any atom is 0.407 e. The van der Waals surface area contributed by atoms with Gasteiger partial charge in [-0.15, -0.1) is 11.3 Å². The Balaban J connectivity index is 1.08. The number of hydrogen-bond acceptors (Lipinski definition) is 8. The van der Waals surface area contributed by atoms with Gasteiger partial charge in [-0.05, 0) is 41.3 Å². The van der Waals surface area contributed by atoms with Crippen molar-refractivity contribution in [2.24, 2.45) is 0 Å². The van der Waals surface area contributed by atoms with Gasteiger partial charge in [-0.25, -0.2) is 9.78 Å². The number of alkyl carbamates (subject to hydrolysis) is 1. The zero-order chi connectivity index (χ0) is 31.9.